The number of aromatic nitrogens is 1. The predicted molar refractivity (Wildman–Crippen MR) is 70.1 cm³/mol. The van der Waals surface area contributed by atoms with Gasteiger partial charge in [0.25, 0.3) is 0 Å². The van der Waals surface area contributed by atoms with E-state index in [1.165, 1.54) is 22.2 Å². The van der Waals surface area contributed by atoms with Crippen LogP contribution in [0.4, 0.5) is 0 Å². The number of halogens is 1. The molecule has 0 amide bonds. The first-order valence-electron chi connectivity index (χ1n) is 5.91. The molecule has 17 heavy (non-hydrogen) atoms. The number of fused-ring (bicyclic) bond motifs is 3. The molecule has 0 fully saturated rings. The van der Waals surface area contributed by atoms with Crippen LogP contribution in [-0.2, 0) is 19.5 Å². The zero-order valence-corrected chi connectivity index (χ0v) is 10.3. The van der Waals surface area contributed by atoms with Gasteiger partial charge in [-0.25, -0.2) is 0 Å². The monoisotopic (exact) mass is 250 g/mol. The van der Waals surface area contributed by atoms with Crippen molar-refractivity contribution in [3.63, 3.8) is 0 Å². The third kappa shape index (κ3) is 1.39. The van der Waals surface area contributed by atoms with Crippen LogP contribution in [0, 0.1) is 0 Å². The van der Waals surface area contributed by atoms with E-state index in [4.69, 9.17) is 4.74 Å². The lowest BCUT2D eigenvalue weighted by molar-refractivity contribution is 0.284. The molecular weight excluding hydrogens is 236 g/mol. The molecule has 3 heterocycles. The van der Waals surface area contributed by atoms with Gasteiger partial charge in [0.15, 0.2) is 0 Å². The quantitative estimate of drug-likeness (QED) is 0.775. The Bertz CT molecular complexity index is 576. The van der Waals surface area contributed by atoms with Gasteiger partial charge in [0.2, 0.25) is 0 Å². The summed E-state index contributed by atoms with van der Waals surface area (Å²) in [5.74, 6) is 1.05. The second kappa shape index (κ2) is 3.93. The van der Waals surface area contributed by atoms with Gasteiger partial charge in [0, 0.05) is 30.6 Å². The molecule has 1 aromatic carbocycles. The van der Waals surface area contributed by atoms with Gasteiger partial charge in [-0.3, -0.25) is 0 Å². The van der Waals surface area contributed by atoms with Gasteiger partial charge in [-0.15, -0.1) is 12.4 Å². The van der Waals surface area contributed by atoms with E-state index in [-0.39, 0.29) is 12.4 Å². The molecule has 0 bridgehead atoms. The fraction of sp³-hybridized carbons (Fsp3) is 0.385. The van der Waals surface area contributed by atoms with Crippen molar-refractivity contribution in [3.8, 4) is 5.75 Å². The van der Waals surface area contributed by atoms with Crippen molar-refractivity contribution < 1.29 is 4.74 Å². The van der Waals surface area contributed by atoms with E-state index in [2.05, 4.69) is 28.1 Å². The summed E-state index contributed by atoms with van der Waals surface area (Å²) < 4.78 is 8.19. The minimum Gasteiger partial charge on any atom is -0.490 e. The van der Waals surface area contributed by atoms with Gasteiger partial charge in [-0.1, -0.05) is 12.1 Å². The fourth-order valence-electron chi connectivity index (χ4n) is 3.01. The molecule has 0 spiro atoms. The van der Waals surface area contributed by atoms with Crippen LogP contribution >= 0.6 is 12.4 Å². The van der Waals surface area contributed by atoms with E-state index in [1.54, 1.807) is 0 Å². The van der Waals surface area contributed by atoms with Gasteiger partial charge in [0.1, 0.15) is 12.4 Å². The molecule has 0 unspecified atom stereocenters. The van der Waals surface area contributed by atoms with Gasteiger partial charge in [-0.05, 0) is 11.6 Å². The number of hydrogen-bond acceptors (Lipinski definition) is 2. The van der Waals surface area contributed by atoms with Crippen LogP contribution < -0.4 is 10.1 Å². The average molecular weight is 251 g/mol. The van der Waals surface area contributed by atoms with Crippen LogP contribution in [-0.4, -0.2) is 17.7 Å². The molecule has 1 N–H and O–H groups in total. The molecule has 4 rings (SSSR count). The smallest absolute Gasteiger partial charge is 0.143 e. The second-order valence-corrected chi connectivity index (χ2v) is 4.50. The van der Waals surface area contributed by atoms with Crippen molar-refractivity contribution >= 4 is 23.3 Å². The maximum absolute atomic E-state index is 5.73. The van der Waals surface area contributed by atoms with E-state index in [0.29, 0.717) is 0 Å². The molecule has 3 nitrogen and oxygen atoms in total. The molecule has 0 atom stereocenters. The Morgan fingerprint density at radius 2 is 2.24 bits per heavy atom. The van der Waals surface area contributed by atoms with Gasteiger partial charge < -0.3 is 14.6 Å². The van der Waals surface area contributed by atoms with E-state index in [9.17, 15) is 0 Å². The zero-order valence-electron chi connectivity index (χ0n) is 9.53. The van der Waals surface area contributed by atoms with Crippen LogP contribution in [0.5, 0.6) is 5.75 Å². The molecule has 90 valence electrons. The lowest BCUT2D eigenvalue weighted by atomic mass is 10.1. The zero-order chi connectivity index (χ0) is 10.5. The number of nitrogens with zero attached hydrogens (tertiary/aromatic N) is 1. The first kappa shape index (κ1) is 10.9. The van der Waals surface area contributed by atoms with Crippen molar-refractivity contribution in [2.75, 3.05) is 13.2 Å². The molecule has 2 aromatic rings. The average Bonchev–Trinajstić information content (AvgIpc) is 2.68. The summed E-state index contributed by atoms with van der Waals surface area (Å²) in [7, 11) is 0. The van der Waals surface area contributed by atoms with Crippen molar-refractivity contribution in [1.29, 1.82) is 0 Å². The van der Waals surface area contributed by atoms with Gasteiger partial charge in [0.05, 0.1) is 12.1 Å². The Hall–Kier alpha value is -1.19. The first-order chi connectivity index (χ1) is 7.95. The molecular formula is C13H15ClN2O. The van der Waals surface area contributed by atoms with E-state index >= 15 is 0 Å². The molecule has 0 saturated carbocycles. The highest BCUT2D eigenvalue weighted by molar-refractivity contribution is 5.91. The van der Waals surface area contributed by atoms with Crippen molar-refractivity contribution in [1.82, 2.24) is 9.88 Å². The van der Waals surface area contributed by atoms with E-state index < -0.39 is 0 Å². The number of rotatable bonds is 0. The lowest BCUT2D eigenvalue weighted by Crippen LogP contribution is -2.25. The topological polar surface area (TPSA) is 26.2 Å². The summed E-state index contributed by atoms with van der Waals surface area (Å²) in [6.45, 7) is 3.91. The maximum atomic E-state index is 5.73. The van der Waals surface area contributed by atoms with Gasteiger partial charge >= 0.3 is 0 Å². The standard InChI is InChI=1S/C13H14N2O.ClH/c1-2-9-10-8-14-5-4-11(10)15-6-7-16-12(3-1)13(9)15;/h1-3,14H,4-8H2;1H. The van der Waals surface area contributed by atoms with Crippen molar-refractivity contribution in [2.45, 2.75) is 19.5 Å². The lowest BCUT2D eigenvalue weighted by Gasteiger charge is -2.20. The summed E-state index contributed by atoms with van der Waals surface area (Å²) in [5.41, 5.74) is 4.31. The van der Waals surface area contributed by atoms with Crippen LogP contribution in [0.1, 0.15) is 11.3 Å². The third-order valence-corrected chi connectivity index (χ3v) is 3.68. The summed E-state index contributed by atoms with van der Waals surface area (Å²) in [5, 5.41) is 4.83. The molecule has 2 aliphatic heterocycles. The predicted octanol–water partition coefficient (Wildman–Crippen LogP) is 2.10. The van der Waals surface area contributed by atoms with Crippen LogP contribution in [0.15, 0.2) is 18.2 Å². The van der Waals surface area contributed by atoms with Gasteiger partial charge in [-0.2, -0.15) is 0 Å². The summed E-state index contributed by atoms with van der Waals surface area (Å²) >= 11 is 0. The Morgan fingerprint density at radius 1 is 1.29 bits per heavy atom. The Kier molecular flexibility index (Phi) is 2.53. The highest BCUT2D eigenvalue weighted by Gasteiger charge is 2.23. The number of para-hydroxylation sites is 1. The number of ether oxygens (including phenoxy) is 1. The first-order valence-corrected chi connectivity index (χ1v) is 5.91. The summed E-state index contributed by atoms with van der Waals surface area (Å²) in [4.78, 5) is 0. The number of benzene rings is 1. The highest BCUT2D eigenvalue weighted by atomic mass is 35.5. The Balaban J connectivity index is 0.000000902. The van der Waals surface area contributed by atoms with E-state index in [1.807, 2.05) is 0 Å². The third-order valence-electron chi connectivity index (χ3n) is 3.68. The van der Waals surface area contributed by atoms with Crippen molar-refractivity contribution in [3.05, 3.63) is 29.5 Å². The molecule has 0 radical (unpaired) electrons. The summed E-state index contributed by atoms with van der Waals surface area (Å²) in [6, 6.07) is 6.40. The maximum Gasteiger partial charge on any atom is 0.143 e. The molecule has 2 aliphatic rings. The highest BCUT2D eigenvalue weighted by Crippen LogP contribution is 2.36. The van der Waals surface area contributed by atoms with Crippen molar-refractivity contribution in [2.24, 2.45) is 0 Å². The van der Waals surface area contributed by atoms with Crippen LogP contribution in [0.3, 0.4) is 0 Å². The largest absolute Gasteiger partial charge is 0.490 e. The minimum absolute atomic E-state index is 0. The Labute approximate surface area is 106 Å². The molecule has 0 aliphatic carbocycles. The minimum atomic E-state index is 0. The molecule has 4 heteroatoms. The second-order valence-electron chi connectivity index (χ2n) is 4.50. The molecule has 0 saturated heterocycles. The van der Waals surface area contributed by atoms with Crippen LogP contribution in [0.2, 0.25) is 0 Å². The fourth-order valence-corrected chi connectivity index (χ4v) is 3.01. The normalized spacial score (nSPS) is 17.2. The number of nitrogens with one attached hydrogen (secondary N) is 1. The SMILES string of the molecule is Cl.c1cc2c3c(c1)c1c(n3CCO2)CCNC1. The summed E-state index contributed by atoms with van der Waals surface area (Å²) in [6.07, 6.45) is 1.14. The Morgan fingerprint density at radius 3 is 3.18 bits per heavy atom. The van der Waals surface area contributed by atoms with Crippen LogP contribution in [0.25, 0.3) is 10.9 Å². The molecule has 1 aromatic heterocycles. The van der Waals surface area contributed by atoms with E-state index in [0.717, 1.165) is 38.4 Å². The number of hydrogen-bond donors (Lipinski definition) is 1.